The first-order valence-electron chi connectivity index (χ1n) is 5.19. The second-order valence-corrected chi connectivity index (χ2v) is 3.97. The van der Waals surface area contributed by atoms with Crippen LogP contribution in [0.3, 0.4) is 0 Å². The molecule has 86 valence electrons. The molecule has 17 heavy (non-hydrogen) atoms. The number of hydrogen-bond acceptors (Lipinski definition) is 2. The van der Waals surface area contributed by atoms with Crippen molar-refractivity contribution in [2.45, 2.75) is 6.42 Å². The van der Waals surface area contributed by atoms with Gasteiger partial charge in [0.05, 0.1) is 18.3 Å². The van der Waals surface area contributed by atoms with E-state index >= 15 is 0 Å². The first-order chi connectivity index (χ1) is 8.24. The number of nitrogens with zero attached hydrogens (tertiary/aromatic N) is 1. The molecule has 1 aromatic carbocycles. The van der Waals surface area contributed by atoms with Gasteiger partial charge in [0.1, 0.15) is 5.15 Å². The van der Waals surface area contributed by atoms with Crippen molar-refractivity contribution in [2.75, 3.05) is 5.32 Å². The molecule has 0 bridgehead atoms. The number of pyridine rings is 1. The maximum atomic E-state index is 11.7. The zero-order valence-electron chi connectivity index (χ0n) is 9.06. The fraction of sp³-hybridized carbons (Fsp3) is 0.0769. The molecule has 0 radical (unpaired) electrons. The normalized spacial score (nSPS) is 9.94. The minimum Gasteiger partial charge on any atom is -0.324 e. The summed E-state index contributed by atoms with van der Waals surface area (Å²) >= 11 is 5.65. The van der Waals surface area contributed by atoms with Crippen LogP contribution in [0, 0.1) is 0 Å². The van der Waals surface area contributed by atoms with Crippen LogP contribution in [-0.2, 0) is 11.2 Å². The molecule has 1 amide bonds. The summed E-state index contributed by atoms with van der Waals surface area (Å²) in [7, 11) is 0. The van der Waals surface area contributed by atoms with Gasteiger partial charge in [0.2, 0.25) is 5.91 Å². The second kappa shape index (κ2) is 5.46. The molecule has 2 rings (SSSR count). The Kier molecular flexibility index (Phi) is 3.73. The van der Waals surface area contributed by atoms with E-state index in [0.29, 0.717) is 17.3 Å². The van der Waals surface area contributed by atoms with Crippen molar-refractivity contribution in [3.05, 3.63) is 59.4 Å². The van der Waals surface area contributed by atoms with Gasteiger partial charge in [-0.1, -0.05) is 41.9 Å². The smallest absolute Gasteiger partial charge is 0.228 e. The molecule has 0 aliphatic heterocycles. The summed E-state index contributed by atoms with van der Waals surface area (Å²) in [6, 6.07) is 12.9. The van der Waals surface area contributed by atoms with Gasteiger partial charge in [-0.15, -0.1) is 0 Å². The topological polar surface area (TPSA) is 42.0 Å². The molecule has 0 fully saturated rings. The summed E-state index contributed by atoms with van der Waals surface area (Å²) in [6.07, 6.45) is 1.88. The zero-order valence-corrected chi connectivity index (χ0v) is 9.82. The number of carbonyl (C=O) groups excluding carboxylic acids is 1. The molecular formula is C13H11ClN2O. The maximum absolute atomic E-state index is 11.7. The molecule has 4 heteroatoms. The summed E-state index contributed by atoms with van der Waals surface area (Å²) in [4.78, 5) is 15.6. The van der Waals surface area contributed by atoms with Gasteiger partial charge in [0.15, 0.2) is 0 Å². The molecule has 0 saturated carbocycles. The predicted molar refractivity (Wildman–Crippen MR) is 68.0 cm³/mol. The van der Waals surface area contributed by atoms with Crippen molar-refractivity contribution < 1.29 is 4.79 Å². The Morgan fingerprint density at radius 2 is 1.94 bits per heavy atom. The zero-order chi connectivity index (χ0) is 12.1. The van der Waals surface area contributed by atoms with E-state index in [2.05, 4.69) is 10.3 Å². The van der Waals surface area contributed by atoms with E-state index in [0.717, 1.165) is 5.56 Å². The molecule has 0 spiro atoms. The quantitative estimate of drug-likeness (QED) is 0.846. The van der Waals surface area contributed by atoms with Gasteiger partial charge in [-0.25, -0.2) is 4.98 Å². The molecule has 0 aliphatic carbocycles. The van der Waals surface area contributed by atoms with Gasteiger partial charge in [-0.05, 0) is 17.7 Å². The van der Waals surface area contributed by atoms with Crippen molar-refractivity contribution in [1.82, 2.24) is 4.98 Å². The van der Waals surface area contributed by atoms with Crippen molar-refractivity contribution in [3.8, 4) is 0 Å². The number of benzene rings is 1. The van der Waals surface area contributed by atoms with Crippen LogP contribution in [0.5, 0.6) is 0 Å². The van der Waals surface area contributed by atoms with Crippen molar-refractivity contribution in [1.29, 1.82) is 0 Å². The first kappa shape index (κ1) is 11.6. The number of rotatable bonds is 3. The standard InChI is InChI=1S/C13H11ClN2O/c14-12-7-6-11(9-15-12)16-13(17)8-10-4-2-1-3-5-10/h1-7,9H,8H2,(H,16,17). The van der Waals surface area contributed by atoms with E-state index < -0.39 is 0 Å². The fourth-order valence-corrected chi connectivity index (χ4v) is 1.55. The van der Waals surface area contributed by atoms with Crippen LogP contribution >= 0.6 is 11.6 Å². The SMILES string of the molecule is O=C(Cc1ccccc1)Nc1ccc(Cl)nc1. The Balaban J connectivity index is 1.96. The second-order valence-electron chi connectivity index (χ2n) is 3.58. The number of aromatic nitrogens is 1. The van der Waals surface area contributed by atoms with Crippen molar-refractivity contribution >= 4 is 23.2 Å². The number of amides is 1. The molecule has 3 nitrogen and oxygen atoms in total. The lowest BCUT2D eigenvalue weighted by atomic mass is 10.1. The number of hydrogen-bond donors (Lipinski definition) is 1. The summed E-state index contributed by atoms with van der Waals surface area (Å²) in [5.74, 6) is -0.0691. The lowest BCUT2D eigenvalue weighted by molar-refractivity contribution is -0.115. The first-order valence-corrected chi connectivity index (χ1v) is 5.57. The van der Waals surface area contributed by atoms with Crippen LogP contribution in [0.2, 0.25) is 5.15 Å². The highest BCUT2D eigenvalue weighted by atomic mass is 35.5. The van der Waals surface area contributed by atoms with Crippen LogP contribution in [0.15, 0.2) is 48.7 Å². The third kappa shape index (κ3) is 3.57. The Labute approximate surface area is 104 Å². The van der Waals surface area contributed by atoms with Crippen LogP contribution in [-0.4, -0.2) is 10.9 Å². The van der Waals surface area contributed by atoms with Gasteiger partial charge >= 0.3 is 0 Å². The van der Waals surface area contributed by atoms with Crippen LogP contribution in [0.25, 0.3) is 0 Å². The van der Waals surface area contributed by atoms with E-state index in [4.69, 9.17) is 11.6 Å². The van der Waals surface area contributed by atoms with Gasteiger partial charge in [0.25, 0.3) is 0 Å². The molecule has 0 saturated heterocycles. The number of anilines is 1. The van der Waals surface area contributed by atoms with E-state index in [1.807, 2.05) is 30.3 Å². The third-order valence-corrected chi connectivity index (χ3v) is 2.44. The Hall–Kier alpha value is -1.87. The lowest BCUT2D eigenvalue weighted by Crippen LogP contribution is -2.14. The summed E-state index contributed by atoms with van der Waals surface area (Å²) in [5.41, 5.74) is 1.63. The van der Waals surface area contributed by atoms with Gasteiger partial charge in [0, 0.05) is 0 Å². The van der Waals surface area contributed by atoms with Gasteiger partial charge in [-0.2, -0.15) is 0 Å². The van der Waals surface area contributed by atoms with E-state index in [1.165, 1.54) is 6.20 Å². The largest absolute Gasteiger partial charge is 0.324 e. The third-order valence-electron chi connectivity index (χ3n) is 2.22. The monoisotopic (exact) mass is 246 g/mol. The molecule has 2 aromatic rings. The summed E-state index contributed by atoms with van der Waals surface area (Å²) in [5, 5.41) is 3.17. The van der Waals surface area contributed by atoms with E-state index in [1.54, 1.807) is 12.1 Å². The highest BCUT2D eigenvalue weighted by molar-refractivity contribution is 6.29. The molecular weight excluding hydrogens is 236 g/mol. The van der Waals surface area contributed by atoms with Crippen molar-refractivity contribution in [2.24, 2.45) is 0 Å². The molecule has 1 heterocycles. The van der Waals surface area contributed by atoms with Crippen molar-refractivity contribution in [3.63, 3.8) is 0 Å². The minimum absolute atomic E-state index is 0.0691. The summed E-state index contributed by atoms with van der Waals surface area (Å²) < 4.78 is 0. The number of halogens is 1. The molecule has 1 aromatic heterocycles. The lowest BCUT2D eigenvalue weighted by Gasteiger charge is -2.04. The van der Waals surface area contributed by atoms with Crippen LogP contribution in [0.4, 0.5) is 5.69 Å². The van der Waals surface area contributed by atoms with Crippen LogP contribution < -0.4 is 5.32 Å². The minimum atomic E-state index is -0.0691. The average Bonchev–Trinajstić information content (AvgIpc) is 2.33. The van der Waals surface area contributed by atoms with E-state index in [9.17, 15) is 4.79 Å². The molecule has 1 N–H and O–H groups in total. The van der Waals surface area contributed by atoms with E-state index in [-0.39, 0.29) is 5.91 Å². The Morgan fingerprint density at radius 1 is 1.18 bits per heavy atom. The predicted octanol–water partition coefficient (Wildman–Crippen LogP) is 2.92. The summed E-state index contributed by atoms with van der Waals surface area (Å²) in [6.45, 7) is 0. The highest BCUT2D eigenvalue weighted by Gasteiger charge is 2.03. The van der Waals surface area contributed by atoms with Gasteiger partial charge < -0.3 is 5.32 Å². The molecule has 0 aliphatic rings. The average molecular weight is 247 g/mol. The number of nitrogens with one attached hydrogen (secondary N) is 1. The highest BCUT2D eigenvalue weighted by Crippen LogP contribution is 2.10. The Bertz CT molecular complexity index is 497. The Morgan fingerprint density at radius 3 is 2.59 bits per heavy atom. The fourth-order valence-electron chi connectivity index (χ4n) is 1.44. The molecule has 0 unspecified atom stereocenters. The molecule has 0 atom stereocenters. The van der Waals surface area contributed by atoms with Gasteiger partial charge in [-0.3, -0.25) is 4.79 Å². The maximum Gasteiger partial charge on any atom is 0.228 e. The number of carbonyl (C=O) groups is 1. The van der Waals surface area contributed by atoms with Crippen LogP contribution in [0.1, 0.15) is 5.56 Å².